The van der Waals surface area contributed by atoms with Crippen molar-refractivity contribution >= 4 is 11.5 Å². The van der Waals surface area contributed by atoms with Crippen molar-refractivity contribution in [2.75, 3.05) is 52.3 Å². The van der Waals surface area contributed by atoms with E-state index >= 15 is 0 Å². The van der Waals surface area contributed by atoms with Crippen LogP contribution >= 0.6 is 0 Å². The number of ether oxygens (including phenoxy) is 2. The zero-order valence-corrected chi connectivity index (χ0v) is 21.2. The number of rotatable bonds is 10. The Bertz CT molecular complexity index is 963. The first kappa shape index (κ1) is 24.7. The molecule has 6 heteroatoms. The minimum atomic E-state index is -0.940. The van der Waals surface area contributed by atoms with Gasteiger partial charge in [0.05, 0.1) is 13.7 Å². The number of benzene rings is 2. The Hall–Kier alpha value is -2.41. The maximum Gasteiger partial charge on any atom is 0.190 e. The van der Waals surface area contributed by atoms with Gasteiger partial charge in [-0.05, 0) is 82.6 Å². The molecule has 0 bridgehead atoms. The molecule has 2 aliphatic rings. The molecule has 2 saturated heterocycles. The summed E-state index contributed by atoms with van der Waals surface area (Å²) in [5, 5.41) is 3.80. The summed E-state index contributed by atoms with van der Waals surface area (Å²) in [6.07, 6.45) is 2.08. The van der Waals surface area contributed by atoms with Crippen LogP contribution in [0.1, 0.15) is 42.6 Å². The summed E-state index contributed by atoms with van der Waals surface area (Å²) in [6.45, 7) is 8.10. The highest BCUT2D eigenvalue weighted by molar-refractivity contribution is 6.05. The minimum Gasteiger partial charge on any atom is -0.497 e. The number of likely N-dealkylation sites (tertiary alicyclic amines) is 1. The highest BCUT2D eigenvalue weighted by atomic mass is 16.6. The van der Waals surface area contributed by atoms with Gasteiger partial charge >= 0.3 is 0 Å². The molecule has 4 rings (SSSR count). The number of carbonyl (C=O) groups excluding carboxylic acids is 1. The van der Waals surface area contributed by atoms with E-state index in [1.54, 1.807) is 7.11 Å². The summed E-state index contributed by atoms with van der Waals surface area (Å²) in [5.41, 5.74) is 1.72. The zero-order valence-electron chi connectivity index (χ0n) is 21.2. The van der Waals surface area contributed by atoms with E-state index in [2.05, 4.69) is 41.1 Å². The molecule has 2 aromatic rings. The minimum absolute atomic E-state index is 0.0477. The third kappa shape index (κ3) is 4.99. The summed E-state index contributed by atoms with van der Waals surface area (Å²) in [7, 11) is 5.69. The maximum atomic E-state index is 14.3. The molecule has 2 fully saturated rings. The second-order valence-electron chi connectivity index (χ2n) is 10.1. The van der Waals surface area contributed by atoms with Crippen LogP contribution in [0.2, 0.25) is 0 Å². The van der Waals surface area contributed by atoms with Gasteiger partial charge in [-0.25, -0.2) is 0 Å². The van der Waals surface area contributed by atoms with Crippen LogP contribution in [0.3, 0.4) is 0 Å². The first-order valence-electron chi connectivity index (χ1n) is 12.4. The molecule has 0 amide bonds. The maximum absolute atomic E-state index is 14.3. The monoisotopic (exact) mass is 465 g/mol. The van der Waals surface area contributed by atoms with Gasteiger partial charge in [0.2, 0.25) is 0 Å². The van der Waals surface area contributed by atoms with Crippen LogP contribution in [-0.4, -0.2) is 70.3 Å². The second kappa shape index (κ2) is 10.5. The summed E-state index contributed by atoms with van der Waals surface area (Å²) in [4.78, 5) is 18.9. The Kier molecular flexibility index (Phi) is 7.60. The van der Waals surface area contributed by atoms with Crippen LogP contribution in [0, 0.1) is 5.92 Å². The number of Topliss-reactive ketones (excluding diaryl/α,β-unsaturated/α-hetero) is 1. The van der Waals surface area contributed by atoms with Crippen LogP contribution in [0.25, 0.3) is 0 Å². The smallest absolute Gasteiger partial charge is 0.190 e. The van der Waals surface area contributed by atoms with Gasteiger partial charge in [0.1, 0.15) is 17.4 Å². The molecule has 0 spiro atoms. The van der Waals surface area contributed by atoms with Crippen LogP contribution in [-0.2, 0) is 10.3 Å². The number of hydrogen-bond acceptors (Lipinski definition) is 6. The molecule has 0 radical (unpaired) electrons. The van der Waals surface area contributed by atoms with Gasteiger partial charge in [-0.15, -0.1) is 0 Å². The molecular weight excluding hydrogens is 426 g/mol. The Morgan fingerprint density at radius 1 is 1.15 bits per heavy atom. The average Bonchev–Trinajstić information content (AvgIpc) is 3.71. The number of epoxide rings is 1. The van der Waals surface area contributed by atoms with Gasteiger partial charge in [0.15, 0.2) is 5.78 Å². The van der Waals surface area contributed by atoms with E-state index in [0.717, 1.165) is 49.5 Å². The molecule has 1 N–H and O–H groups in total. The largest absolute Gasteiger partial charge is 0.497 e. The van der Waals surface area contributed by atoms with Crippen LogP contribution in [0.15, 0.2) is 48.5 Å². The van der Waals surface area contributed by atoms with E-state index in [0.29, 0.717) is 24.1 Å². The van der Waals surface area contributed by atoms with Crippen LogP contribution in [0.4, 0.5) is 5.69 Å². The molecule has 184 valence electrons. The molecule has 2 unspecified atom stereocenters. The van der Waals surface area contributed by atoms with Gasteiger partial charge in [-0.3, -0.25) is 10.1 Å². The molecule has 6 nitrogen and oxygen atoms in total. The quantitative estimate of drug-likeness (QED) is 0.424. The second-order valence-corrected chi connectivity index (χ2v) is 10.1. The van der Waals surface area contributed by atoms with E-state index in [1.165, 1.54) is 0 Å². The fraction of sp³-hybridized carbons (Fsp3) is 0.536. The van der Waals surface area contributed by atoms with E-state index < -0.39 is 5.54 Å². The Morgan fingerprint density at radius 3 is 2.35 bits per heavy atom. The lowest BCUT2D eigenvalue weighted by Gasteiger charge is -2.39. The molecule has 0 aromatic heterocycles. The van der Waals surface area contributed by atoms with E-state index in [-0.39, 0.29) is 11.9 Å². The van der Waals surface area contributed by atoms with Gasteiger partial charge in [-0.2, -0.15) is 0 Å². The fourth-order valence-corrected chi connectivity index (χ4v) is 5.18. The Labute approximate surface area is 204 Å². The molecule has 0 aliphatic carbocycles. The Morgan fingerprint density at radius 2 is 1.79 bits per heavy atom. The van der Waals surface area contributed by atoms with Crippen LogP contribution < -0.4 is 15.0 Å². The van der Waals surface area contributed by atoms with E-state index in [4.69, 9.17) is 9.47 Å². The zero-order chi connectivity index (χ0) is 24.3. The van der Waals surface area contributed by atoms with Crippen LogP contribution in [0.5, 0.6) is 5.75 Å². The molecule has 34 heavy (non-hydrogen) atoms. The van der Waals surface area contributed by atoms with Crippen molar-refractivity contribution in [1.29, 1.82) is 0 Å². The van der Waals surface area contributed by atoms with Gasteiger partial charge in [-0.1, -0.05) is 18.2 Å². The molecule has 2 atom stereocenters. The van der Waals surface area contributed by atoms with Crippen molar-refractivity contribution in [3.63, 3.8) is 0 Å². The predicted octanol–water partition coefficient (Wildman–Crippen LogP) is 3.95. The Balaban J connectivity index is 1.69. The predicted molar refractivity (Wildman–Crippen MR) is 137 cm³/mol. The van der Waals surface area contributed by atoms with Crippen molar-refractivity contribution in [2.45, 2.75) is 44.4 Å². The number of piperidine rings is 1. The number of nitrogens with zero attached hydrogens (tertiary/aromatic N) is 2. The number of carbonyl (C=O) groups is 1. The van der Waals surface area contributed by atoms with Crippen molar-refractivity contribution in [2.24, 2.45) is 5.92 Å². The van der Waals surface area contributed by atoms with Crippen molar-refractivity contribution in [3.8, 4) is 5.75 Å². The van der Waals surface area contributed by atoms with Gasteiger partial charge in [0.25, 0.3) is 0 Å². The summed E-state index contributed by atoms with van der Waals surface area (Å²) in [5.74, 6) is 1.32. The highest BCUT2D eigenvalue weighted by Gasteiger charge is 2.55. The number of para-hydroxylation sites is 1. The number of ketones is 1. The normalized spacial score (nSPS) is 20.7. The summed E-state index contributed by atoms with van der Waals surface area (Å²) >= 11 is 0. The van der Waals surface area contributed by atoms with Crippen molar-refractivity contribution in [3.05, 3.63) is 59.7 Å². The highest BCUT2D eigenvalue weighted by Crippen LogP contribution is 2.42. The molecule has 0 saturated carbocycles. The van der Waals surface area contributed by atoms with E-state index in [1.807, 2.05) is 50.5 Å². The third-order valence-electron chi connectivity index (χ3n) is 7.39. The van der Waals surface area contributed by atoms with Crippen molar-refractivity contribution < 1.29 is 14.3 Å². The van der Waals surface area contributed by atoms with Gasteiger partial charge in [0, 0.05) is 37.0 Å². The molecule has 2 aromatic carbocycles. The third-order valence-corrected chi connectivity index (χ3v) is 7.39. The van der Waals surface area contributed by atoms with Gasteiger partial charge < -0.3 is 19.3 Å². The lowest BCUT2D eigenvalue weighted by atomic mass is 9.78. The van der Waals surface area contributed by atoms with Crippen molar-refractivity contribution in [1.82, 2.24) is 10.2 Å². The lowest BCUT2D eigenvalue weighted by molar-refractivity contribution is 0.0781. The summed E-state index contributed by atoms with van der Waals surface area (Å²) < 4.78 is 11.2. The summed E-state index contributed by atoms with van der Waals surface area (Å²) in [6, 6.07) is 16.2. The first-order valence-corrected chi connectivity index (χ1v) is 12.4. The SMILES string of the molecule is COc1ccc(C(=O)C(NCC2CCN(C(C)C)CC2)(c2ccccc2N(C)C)C2CO2)cc1. The number of hydrogen-bond donors (Lipinski definition) is 1. The number of anilines is 1. The first-order chi connectivity index (χ1) is 16.4. The molecule has 2 heterocycles. The van der Waals surface area contributed by atoms with E-state index in [9.17, 15) is 4.79 Å². The molecule has 2 aliphatic heterocycles. The fourth-order valence-electron chi connectivity index (χ4n) is 5.18. The number of nitrogens with one attached hydrogen (secondary N) is 1. The number of methoxy groups -OCH3 is 1. The molecular formula is C28H39N3O3. The average molecular weight is 466 g/mol. The topological polar surface area (TPSA) is 57.3 Å². The lowest BCUT2D eigenvalue weighted by Crippen LogP contribution is -2.56. The standard InChI is InChI=1S/C28H39N3O3/c1-20(2)31-16-14-21(15-17-31)18-29-28(26-19-34-26,24-8-6-7-9-25(24)30(3)4)27(32)22-10-12-23(33-5)13-11-22/h6-13,20-21,26,29H,14-19H2,1-5H3.